The minimum absolute atomic E-state index is 0.111. The first-order valence-corrected chi connectivity index (χ1v) is 5.73. The SMILES string of the molecule is Cc1ccc(F)c(C(=O)c2cc(C)nc(C)c2)c1. The molecule has 0 aliphatic carbocycles. The van der Waals surface area contributed by atoms with Gasteiger partial charge >= 0.3 is 0 Å². The van der Waals surface area contributed by atoms with Gasteiger partial charge in [0, 0.05) is 17.0 Å². The molecule has 0 saturated carbocycles. The van der Waals surface area contributed by atoms with Gasteiger partial charge in [-0.25, -0.2) is 4.39 Å². The molecular formula is C15H14FNO. The molecule has 1 aromatic heterocycles. The van der Waals surface area contributed by atoms with Crippen LogP contribution in [0.4, 0.5) is 4.39 Å². The Bertz CT molecular complexity index is 600. The zero-order valence-corrected chi connectivity index (χ0v) is 10.6. The molecule has 0 amide bonds. The summed E-state index contributed by atoms with van der Waals surface area (Å²) in [7, 11) is 0. The van der Waals surface area contributed by atoms with Crippen molar-refractivity contribution in [2.24, 2.45) is 0 Å². The standard InChI is InChI=1S/C15H14FNO/c1-9-4-5-14(16)13(6-9)15(18)12-7-10(2)17-11(3)8-12/h4-8H,1-3H3. The summed E-state index contributed by atoms with van der Waals surface area (Å²) in [5.74, 6) is -0.789. The first kappa shape index (κ1) is 12.4. The smallest absolute Gasteiger partial charge is 0.196 e. The van der Waals surface area contributed by atoms with Gasteiger partial charge in [-0.1, -0.05) is 11.6 Å². The Morgan fingerprint density at radius 1 is 1.06 bits per heavy atom. The Labute approximate surface area is 105 Å². The van der Waals surface area contributed by atoms with Gasteiger partial charge in [-0.15, -0.1) is 0 Å². The number of carbonyl (C=O) groups is 1. The summed E-state index contributed by atoms with van der Waals surface area (Å²) >= 11 is 0. The molecule has 0 unspecified atom stereocenters. The molecule has 0 N–H and O–H groups in total. The Hall–Kier alpha value is -2.03. The third kappa shape index (κ3) is 2.45. The zero-order valence-electron chi connectivity index (χ0n) is 10.6. The second-order valence-corrected chi connectivity index (χ2v) is 4.45. The molecule has 2 nitrogen and oxygen atoms in total. The lowest BCUT2D eigenvalue weighted by molar-refractivity contribution is 0.103. The third-order valence-electron chi connectivity index (χ3n) is 2.71. The second-order valence-electron chi connectivity index (χ2n) is 4.45. The average Bonchev–Trinajstić information content (AvgIpc) is 2.30. The van der Waals surface area contributed by atoms with E-state index in [9.17, 15) is 9.18 Å². The van der Waals surface area contributed by atoms with Gasteiger partial charge < -0.3 is 0 Å². The zero-order chi connectivity index (χ0) is 13.3. The highest BCUT2D eigenvalue weighted by molar-refractivity contribution is 6.09. The first-order chi connectivity index (χ1) is 8.47. The van der Waals surface area contributed by atoms with E-state index in [0.29, 0.717) is 5.56 Å². The largest absolute Gasteiger partial charge is 0.288 e. The monoisotopic (exact) mass is 243 g/mol. The lowest BCUT2D eigenvalue weighted by Gasteiger charge is -2.06. The molecule has 2 rings (SSSR count). The van der Waals surface area contributed by atoms with E-state index in [1.54, 1.807) is 24.3 Å². The Morgan fingerprint density at radius 2 is 1.67 bits per heavy atom. The highest BCUT2D eigenvalue weighted by Crippen LogP contribution is 2.16. The van der Waals surface area contributed by atoms with Gasteiger partial charge in [0.2, 0.25) is 0 Å². The van der Waals surface area contributed by atoms with Crippen molar-refractivity contribution in [1.82, 2.24) is 4.98 Å². The molecule has 3 heteroatoms. The molecule has 0 atom stereocenters. The topological polar surface area (TPSA) is 30.0 Å². The third-order valence-corrected chi connectivity index (χ3v) is 2.71. The molecule has 0 saturated heterocycles. The number of nitrogens with zero attached hydrogens (tertiary/aromatic N) is 1. The van der Waals surface area contributed by atoms with E-state index in [4.69, 9.17) is 0 Å². The van der Waals surface area contributed by atoms with Gasteiger partial charge in [-0.3, -0.25) is 9.78 Å². The van der Waals surface area contributed by atoms with Gasteiger partial charge in [0.05, 0.1) is 5.56 Å². The summed E-state index contributed by atoms with van der Waals surface area (Å²) in [5, 5.41) is 0. The van der Waals surface area contributed by atoms with Gasteiger partial charge in [0.25, 0.3) is 0 Å². The summed E-state index contributed by atoms with van der Waals surface area (Å²) in [5.41, 5.74) is 2.96. The molecule has 1 heterocycles. The maximum Gasteiger partial charge on any atom is 0.196 e. The predicted molar refractivity (Wildman–Crippen MR) is 68.3 cm³/mol. The van der Waals surface area contributed by atoms with Crippen molar-refractivity contribution >= 4 is 5.78 Å². The number of rotatable bonds is 2. The van der Waals surface area contributed by atoms with Crippen LogP contribution in [0.1, 0.15) is 32.9 Å². The Kier molecular flexibility index (Phi) is 3.24. The quantitative estimate of drug-likeness (QED) is 0.757. The highest BCUT2D eigenvalue weighted by Gasteiger charge is 2.15. The molecular weight excluding hydrogens is 229 g/mol. The molecule has 0 spiro atoms. The van der Waals surface area contributed by atoms with Gasteiger partial charge in [-0.2, -0.15) is 0 Å². The van der Waals surface area contributed by atoms with E-state index in [-0.39, 0.29) is 11.3 Å². The van der Waals surface area contributed by atoms with Crippen molar-refractivity contribution in [2.75, 3.05) is 0 Å². The van der Waals surface area contributed by atoms with E-state index < -0.39 is 5.82 Å². The molecule has 0 aliphatic rings. The van der Waals surface area contributed by atoms with Crippen LogP contribution in [0.2, 0.25) is 0 Å². The maximum absolute atomic E-state index is 13.7. The fourth-order valence-electron chi connectivity index (χ4n) is 1.93. The number of benzene rings is 1. The summed E-state index contributed by atoms with van der Waals surface area (Å²) in [4.78, 5) is 16.5. The van der Waals surface area contributed by atoms with Gasteiger partial charge in [-0.05, 0) is 45.0 Å². The first-order valence-electron chi connectivity index (χ1n) is 5.73. The second kappa shape index (κ2) is 4.69. The van der Waals surface area contributed by atoms with Crippen LogP contribution in [0.15, 0.2) is 30.3 Å². The number of ketones is 1. The fourth-order valence-corrected chi connectivity index (χ4v) is 1.93. The van der Waals surface area contributed by atoms with Crippen molar-refractivity contribution in [2.45, 2.75) is 20.8 Å². The van der Waals surface area contributed by atoms with Crippen molar-refractivity contribution < 1.29 is 9.18 Å². The number of carbonyl (C=O) groups excluding carboxylic acids is 1. The van der Waals surface area contributed by atoms with Gasteiger partial charge in [0.1, 0.15) is 5.82 Å². The van der Waals surface area contributed by atoms with Crippen LogP contribution < -0.4 is 0 Å². The van der Waals surface area contributed by atoms with E-state index in [2.05, 4.69) is 4.98 Å². The van der Waals surface area contributed by atoms with Crippen LogP contribution >= 0.6 is 0 Å². The molecule has 2 aromatic rings. The molecule has 18 heavy (non-hydrogen) atoms. The molecule has 0 bridgehead atoms. The maximum atomic E-state index is 13.7. The van der Waals surface area contributed by atoms with Crippen molar-refractivity contribution in [3.05, 3.63) is 64.2 Å². The van der Waals surface area contributed by atoms with Crippen LogP contribution in [-0.2, 0) is 0 Å². The summed E-state index contributed by atoms with van der Waals surface area (Å²) in [6, 6.07) is 7.90. The van der Waals surface area contributed by atoms with E-state index >= 15 is 0 Å². The van der Waals surface area contributed by atoms with E-state index in [1.165, 1.54) is 6.07 Å². The van der Waals surface area contributed by atoms with Crippen LogP contribution in [0.5, 0.6) is 0 Å². The van der Waals surface area contributed by atoms with Crippen molar-refractivity contribution in [3.63, 3.8) is 0 Å². The van der Waals surface area contributed by atoms with Crippen LogP contribution in [0.25, 0.3) is 0 Å². The average molecular weight is 243 g/mol. The summed E-state index contributed by atoms with van der Waals surface area (Å²) in [6.45, 7) is 5.46. The van der Waals surface area contributed by atoms with Crippen LogP contribution in [0.3, 0.4) is 0 Å². The number of hydrogen-bond acceptors (Lipinski definition) is 2. The molecule has 0 aliphatic heterocycles. The minimum atomic E-state index is -0.488. The van der Waals surface area contributed by atoms with E-state index in [0.717, 1.165) is 17.0 Å². The fraction of sp³-hybridized carbons (Fsp3) is 0.200. The number of aryl methyl sites for hydroxylation is 3. The number of hydrogen-bond donors (Lipinski definition) is 0. The number of pyridine rings is 1. The number of aromatic nitrogens is 1. The lowest BCUT2D eigenvalue weighted by Crippen LogP contribution is -2.06. The molecule has 92 valence electrons. The summed E-state index contributed by atoms with van der Waals surface area (Å²) < 4.78 is 13.7. The Morgan fingerprint density at radius 3 is 2.28 bits per heavy atom. The molecule has 0 fully saturated rings. The molecule has 1 aromatic carbocycles. The predicted octanol–water partition coefficient (Wildman–Crippen LogP) is 3.38. The Balaban J connectivity index is 2.51. The van der Waals surface area contributed by atoms with Crippen molar-refractivity contribution in [1.29, 1.82) is 0 Å². The van der Waals surface area contributed by atoms with Crippen LogP contribution in [0, 0.1) is 26.6 Å². The summed E-state index contributed by atoms with van der Waals surface area (Å²) in [6.07, 6.45) is 0. The highest BCUT2D eigenvalue weighted by atomic mass is 19.1. The normalized spacial score (nSPS) is 10.4. The van der Waals surface area contributed by atoms with Gasteiger partial charge in [0.15, 0.2) is 5.78 Å². The lowest BCUT2D eigenvalue weighted by atomic mass is 10.0. The molecule has 0 radical (unpaired) electrons. The minimum Gasteiger partial charge on any atom is -0.288 e. The van der Waals surface area contributed by atoms with Crippen molar-refractivity contribution in [3.8, 4) is 0 Å². The van der Waals surface area contributed by atoms with Crippen LogP contribution in [-0.4, -0.2) is 10.8 Å². The van der Waals surface area contributed by atoms with E-state index in [1.807, 2.05) is 20.8 Å². The number of halogens is 1.